The Balaban J connectivity index is 2.32. The smallest absolute Gasteiger partial charge is 0.348 e. The van der Waals surface area contributed by atoms with Crippen molar-refractivity contribution in [3.05, 3.63) is 34.9 Å². The summed E-state index contributed by atoms with van der Waals surface area (Å²) in [5.74, 6) is -2.66. The van der Waals surface area contributed by atoms with Crippen LogP contribution in [-0.2, 0) is 35.2 Å². The molecule has 0 radical (unpaired) electrons. The van der Waals surface area contributed by atoms with E-state index in [2.05, 4.69) is 0 Å². The Morgan fingerprint density at radius 3 is 2.40 bits per heavy atom. The van der Waals surface area contributed by atoms with Gasteiger partial charge in [0.15, 0.2) is 0 Å². The molecule has 134 valence electrons. The van der Waals surface area contributed by atoms with E-state index in [1.54, 1.807) is 18.2 Å². The summed E-state index contributed by atoms with van der Waals surface area (Å²) < 4.78 is 20.6. The first-order valence-corrected chi connectivity index (χ1v) is 7.79. The number of ether oxygens (including phenoxy) is 4. The lowest BCUT2D eigenvalue weighted by molar-refractivity contribution is -0.222. The lowest BCUT2D eigenvalue weighted by Gasteiger charge is -2.29. The van der Waals surface area contributed by atoms with Gasteiger partial charge in [0.1, 0.15) is 17.9 Å². The molecular formula is C18H20O7. The van der Waals surface area contributed by atoms with E-state index in [1.807, 2.05) is 6.92 Å². The molecule has 1 heterocycles. The highest BCUT2D eigenvalue weighted by Gasteiger charge is 2.38. The van der Waals surface area contributed by atoms with Gasteiger partial charge in [0.05, 0.1) is 6.61 Å². The molecule has 1 aliphatic heterocycles. The van der Waals surface area contributed by atoms with Crippen LogP contribution in [0.5, 0.6) is 5.75 Å². The van der Waals surface area contributed by atoms with Crippen molar-refractivity contribution in [3.8, 4) is 5.75 Å². The quantitative estimate of drug-likeness (QED) is 0.458. The molecule has 0 aliphatic carbocycles. The molecule has 7 nitrogen and oxygen atoms in total. The molecule has 25 heavy (non-hydrogen) atoms. The van der Waals surface area contributed by atoms with E-state index in [1.165, 1.54) is 26.8 Å². The molecule has 0 unspecified atom stereocenters. The maximum Gasteiger partial charge on any atom is 0.348 e. The monoisotopic (exact) mass is 348 g/mol. The van der Waals surface area contributed by atoms with Gasteiger partial charge in [0.25, 0.3) is 5.79 Å². The molecule has 0 amide bonds. The first kappa shape index (κ1) is 18.5. The van der Waals surface area contributed by atoms with Gasteiger partial charge in [-0.2, -0.15) is 0 Å². The average molecular weight is 348 g/mol. The van der Waals surface area contributed by atoms with Crippen LogP contribution in [0.2, 0.25) is 0 Å². The van der Waals surface area contributed by atoms with E-state index in [-0.39, 0.29) is 12.2 Å². The minimum absolute atomic E-state index is 0.0175. The topological polar surface area (TPSA) is 88.1 Å². The van der Waals surface area contributed by atoms with E-state index in [4.69, 9.17) is 18.9 Å². The highest BCUT2D eigenvalue weighted by atomic mass is 16.7. The van der Waals surface area contributed by atoms with Gasteiger partial charge >= 0.3 is 17.9 Å². The summed E-state index contributed by atoms with van der Waals surface area (Å²) in [4.78, 5) is 35.1. The molecule has 1 fully saturated rings. The fourth-order valence-corrected chi connectivity index (χ4v) is 2.22. The third-order valence-electron chi connectivity index (χ3n) is 3.24. The van der Waals surface area contributed by atoms with Crippen LogP contribution in [0.4, 0.5) is 0 Å². The zero-order chi connectivity index (χ0) is 18.6. The first-order valence-electron chi connectivity index (χ1n) is 7.79. The SMILES string of the molecule is CCOc1ccc(C=C2C(=O)OC(C)(C)OC2=O)cc1COC(C)=O. The summed E-state index contributed by atoms with van der Waals surface area (Å²) in [5, 5.41) is 0. The lowest BCUT2D eigenvalue weighted by Crippen LogP contribution is -2.41. The molecule has 2 rings (SSSR count). The number of esters is 3. The second-order valence-corrected chi connectivity index (χ2v) is 5.82. The predicted octanol–water partition coefficient (Wildman–Crippen LogP) is 2.37. The predicted molar refractivity (Wildman–Crippen MR) is 87.3 cm³/mol. The van der Waals surface area contributed by atoms with Gasteiger partial charge in [-0.3, -0.25) is 4.79 Å². The molecule has 0 aromatic heterocycles. The summed E-state index contributed by atoms with van der Waals surface area (Å²) in [6.45, 7) is 6.56. The van der Waals surface area contributed by atoms with Crippen molar-refractivity contribution in [1.82, 2.24) is 0 Å². The highest BCUT2D eigenvalue weighted by Crippen LogP contribution is 2.26. The van der Waals surface area contributed by atoms with Crippen LogP contribution in [0, 0.1) is 0 Å². The maximum absolute atomic E-state index is 12.0. The summed E-state index contributed by atoms with van der Waals surface area (Å²) in [6.07, 6.45) is 1.37. The number of carbonyl (C=O) groups excluding carboxylic acids is 3. The van der Waals surface area contributed by atoms with Crippen LogP contribution < -0.4 is 4.74 Å². The Morgan fingerprint density at radius 2 is 1.84 bits per heavy atom. The van der Waals surface area contributed by atoms with Crippen LogP contribution in [0.3, 0.4) is 0 Å². The van der Waals surface area contributed by atoms with Crippen molar-refractivity contribution < 1.29 is 33.3 Å². The molecule has 1 aliphatic rings. The normalized spacial score (nSPS) is 15.9. The number of hydrogen-bond donors (Lipinski definition) is 0. The number of cyclic esters (lactones) is 2. The van der Waals surface area contributed by atoms with Crippen LogP contribution in [0.1, 0.15) is 38.8 Å². The molecule has 7 heteroatoms. The van der Waals surface area contributed by atoms with E-state index < -0.39 is 23.7 Å². The molecular weight excluding hydrogens is 328 g/mol. The van der Waals surface area contributed by atoms with Gasteiger partial charge in [-0.05, 0) is 30.7 Å². The van der Waals surface area contributed by atoms with E-state index in [0.29, 0.717) is 23.5 Å². The Hall–Kier alpha value is -2.83. The number of hydrogen-bond acceptors (Lipinski definition) is 7. The number of rotatable bonds is 5. The van der Waals surface area contributed by atoms with Gasteiger partial charge in [-0.25, -0.2) is 9.59 Å². The van der Waals surface area contributed by atoms with Gasteiger partial charge in [-0.1, -0.05) is 6.07 Å². The zero-order valence-electron chi connectivity index (χ0n) is 14.6. The Bertz CT molecular complexity index is 709. The first-order chi connectivity index (χ1) is 11.7. The van der Waals surface area contributed by atoms with Crippen LogP contribution in [0.15, 0.2) is 23.8 Å². The highest BCUT2D eigenvalue weighted by molar-refractivity contribution is 6.18. The molecule has 0 spiro atoms. The Kier molecular flexibility index (Phi) is 5.46. The fraction of sp³-hybridized carbons (Fsp3) is 0.389. The van der Waals surface area contributed by atoms with Crippen molar-refractivity contribution in [2.75, 3.05) is 6.61 Å². The third-order valence-corrected chi connectivity index (χ3v) is 3.24. The number of carbonyl (C=O) groups is 3. The van der Waals surface area contributed by atoms with E-state index >= 15 is 0 Å². The third kappa shape index (κ3) is 4.82. The van der Waals surface area contributed by atoms with Gasteiger partial charge in [-0.15, -0.1) is 0 Å². The van der Waals surface area contributed by atoms with Crippen LogP contribution >= 0.6 is 0 Å². The molecule has 0 bridgehead atoms. The fourth-order valence-electron chi connectivity index (χ4n) is 2.22. The van der Waals surface area contributed by atoms with Gasteiger partial charge in [0.2, 0.25) is 0 Å². The van der Waals surface area contributed by atoms with Crippen LogP contribution in [-0.4, -0.2) is 30.3 Å². The molecule has 1 saturated heterocycles. The molecule has 0 saturated carbocycles. The Labute approximate surface area is 145 Å². The van der Waals surface area contributed by atoms with Crippen molar-refractivity contribution in [3.63, 3.8) is 0 Å². The molecule has 1 aromatic rings. The second-order valence-electron chi connectivity index (χ2n) is 5.82. The minimum atomic E-state index is -1.29. The number of benzene rings is 1. The molecule has 1 aromatic carbocycles. The van der Waals surface area contributed by atoms with Crippen LogP contribution in [0.25, 0.3) is 6.08 Å². The largest absolute Gasteiger partial charge is 0.493 e. The van der Waals surface area contributed by atoms with E-state index in [9.17, 15) is 14.4 Å². The van der Waals surface area contributed by atoms with Crippen molar-refractivity contribution in [1.29, 1.82) is 0 Å². The average Bonchev–Trinajstić information content (AvgIpc) is 2.50. The summed E-state index contributed by atoms with van der Waals surface area (Å²) in [7, 11) is 0. The summed E-state index contributed by atoms with van der Waals surface area (Å²) in [5.41, 5.74) is 0.959. The lowest BCUT2D eigenvalue weighted by atomic mass is 10.1. The molecule has 0 atom stereocenters. The van der Waals surface area contributed by atoms with Crippen molar-refractivity contribution in [2.24, 2.45) is 0 Å². The summed E-state index contributed by atoms with van der Waals surface area (Å²) >= 11 is 0. The Morgan fingerprint density at radius 1 is 1.20 bits per heavy atom. The second kappa shape index (κ2) is 7.38. The zero-order valence-corrected chi connectivity index (χ0v) is 14.6. The van der Waals surface area contributed by atoms with Gasteiger partial charge < -0.3 is 18.9 Å². The standard InChI is InChI=1S/C18H20O7/c1-5-22-15-7-6-12(8-13(15)10-23-11(2)19)9-14-16(20)24-18(3,4)25-17(14)21/h6-9H,5,10H2,1-4H3. The molecule has 0 N–H and O–H groups in total. The van der Waals surface area contributed by atoms with Crippen molar-refractivity contribution in [2.45, 2.75) is 40.1 Å². The summed E-state index contributed by atoms with van der Waals surface area (Å²) in [6, 6.07) is 5.02. The van der Waals surface area contributed by atoms with Crippen molar-refractivity contribution >= 4 is 24.0 Å². The van der Waals surface area contributed by atoms with E-state index in [0.717, 1.165) is 0 Å². The maximum atomic E-state index is 12.0. The van der Waals surface area contributed by atoms with Gasteiger partial charge in [0, 0.05) is 26.3 Å². The minimum Gasteiger partial charge on any atom is -0.493 e.